The topological polar surface area (TPSA) is 55.8 Å². The molecule has 0 aliphatic carbocycles. The van der Waals surface area contributed by atoms with Crippen LogP contribution in [0, 0.1) is 0 Å². The average molecular weight is 346 g/mol. The second-order valence-electron chi connectivity index (χ2n) is 5.39. The molecule has 1 aliphatic rings. The summed E-state index contributed by atoms with van der Waals surface area (Å²) in [6.07, 6.45) is 0.0597. The molecule has 3 rings (SSSR count). The Balaban J connectivity index is 1.99. The van der Waals surface area contributed by atoms with Crippen LogP contribution in [0.5, 0.6) is 5.75 Å². The first-order chi connectivity index (χ1) is 11.6. The van der Waals surface area contributed by atoms with E-state index in [9.17, 15) is 9.59 Å². The van der Waals surface area contributed by atoms with Gasteiger partial charge in [-0.2, -0.15) is 0 Å². The van der Waals surface area contributed by atoms with Crippen LogP contribution < -0.4 is 9.64 Å². The van der Waals surface area contributed by atoms with E-state index in [2.05, 4.69) is 0 Å². The quantitative estimate of drug-likeness (QED) is 0.801. The van der Waals surface area contributed by atoms with E-state index in [-0.39, 0.29) is 18.9 Å². The van der Waals surface area contributed by atoms with E-state index in [0.717, 1.165) is 0 Å². The predicted octanol–water partition coefficient (Wildman–Crippen LogP) is 3.31. The summed E-state index contributed by atoms with van der Waals surface area (Å²) in [5, 5.41) is 0.556. The van der Waals surface area contributed by atoms with E-state index in [4.69, 9.17) is 21.1 Å². The third-order valence-electron chi connectivity index (χ3n) is 3.86. The van der Waals surface area contributed by atoms with Gasteiger partial charge >= 0.3 is 5.97 Å². The van der Waals surface area contributed by atoms with Gasteiger partial charge in [0.05, 0.1) is 25.3 Å². The Bertz CT molecular complexity index is 760. The maximum Gasteiger partial charge on any atom is 0.307 e. The number of anilines is 1. The van der Waals surface area contributed by atoms with E-state index in [0.29, 0.717) is 22.0 Å². The molecule has 5 nitrogen and oxygen atoms in total. The maximum atomic E-state index is 13.0. The molecule has 6 heteroatoms. The minimum Gasteiger partial charge on any atom is -0.489 e. The lowest BCUT2D eigenvalue weighted by Gasteiger charge is -2.36. The fraction of sp³-hybridized carbons (Fsp3) is 0.222. The predicted molar refractivity (Wildman–Crippen MR) is 90.6 cm³/mol. The number of ether oxygens (including phenoxy) is 2. The molecule has 2 aromatic carbocycles. The van der Waals surface area contributed by atoms with Gasteiger partial charge in [0, 0.05) is 10.6 Å². The highest BCUT2D eigenvalue weighted by Gasteiger charge is 2.34. The van der Waals surface area contributed by atoms with Crippen molar-refractivity contribution in [3.63, 3.8) is 0 Å². The molecule has 0 bridgehead atoms. The van der Waals surface area contributed by atoms with Gasteiger partial charge in [0.1, 0.15) is 12.4 Å². The minimum absolute atomic E-state index is 0.0597. The van der Waals surface area contributed by atoms with E-state index in [1.165, 1.54) is 7.11 Å². The Hall–Kier alpha value is -2.53. The smallest absolute Gasteiger partial charge is 0.307 e. The highest BCUT2D eigenvalue weighted by atomic mass is 35.5. The number of hydrogen-bond donors (Lipinski definition) is 0. The van der Waals surface area contributed by atoms with Crippen molar-refractivity contribution < 1.29 is 19.1 Å². The van der Waals surface area contributed by atoms with Crippen LogP contribution in [0.2, 0.25) is 5.02 Å². The lowest BCUT2D eigenvalue weighted by Crippen LogP contribution is -2.48. The molecular weight excluding hydrogens is 330 g/mol. The Morgan fingerprint density at radius 3 is 2.62 bits per heavy atom. The zero-order valence-corrected chi connectivity index (χ0v) is 13.8. The number of hydrogen-bond acceptors (Lipinski definition) is 4. The van der Waals surface area contributed by atoms with E-state index < -0.39 is 12.0 Å². The summed E-state index contributed by atoms with van der Waals surface area (Å²) in [5.41, 5.74) is 1.13. The Morgan fingerprint density at radius 1 is 1.21 bits per heavy atom. The van der Waals surface area contributed by atoms with Crippen molar-refractivity contribution in [3.8, 4) is 5.75 Å². The first kappa shape index (κ1) is 16.3. The van der Waals surface area contributed by atoms with Gasteiger partial charge in [-0.1, -0.05) is 23.7 Å². The fourth-order valence-corrected chi connectivity index (χ4v) is 2.79. The number of para-hydroxylation sites is 2. The van der Waals surface area contributed by atoms with Crippen LogP contribution in [-0.4, -0.2) is 31.6 Å². The van der Waals surface area contributed by atoms with Gasteiger partial charge in [-0.15, -0.1) is 0 Å². The molecule has 2 aromatic rings. The molecule has 0 saturated carbocycles. The monoisotopic (exact) mass is 345 g/mol. The normalized spacial score (nSPS) is 16.1. The van der Waals surface area contributed by atoms with Crippen molar-refractivity contribution in [1.29, 1.82) is 0 Å². The fourth-order valence-electron chi connectivity index (χ4n) is 2.67. The Kier molecular flexibility index (Phi) is 4.71. The lowest BCUT2D eigenvalue weighted by atomic mass is 10.1. The van der Waals surface area contributed by atoms with Gasteiger partial charge in [-0.05, 0) is 36.4 Å². The number of rotatable bonds is 3. The number of benzene rings is 2. The van der Waals surface area contributed by atoms with Crippen molar-refractivity contribution in [1.82, 2.24) is 0 Å². The second kappa shape index (κ2) is 6.93. The molecule has 0 unspecified atom stereocenters. The summed E-state index contributed by atoms with van der Waals surface area (Å²) >= 11 is 5.89. The number of esters is 1. The van der Waals surface area contributed by atoms with E-state index in [1.54, 1.807) is 41.3 Å². The summed E-state index contributed by atoms with van der Waals surface area (Å²) in [7, 11) is 1.32. The number of halogens is 1. The van der Waals surface area contributed by atoms with Crippen molar-refractivity contribution in [2.75, 3.05) is 18.6 Å². The molecule has 1 heterocycles. The summed E-state index contributed by atoms with van der Waals surface area (Å²) in [4.78, 5) is 26.3. The molecule has 0 spiro atoms. The van der Waals surface area contributed by atoms with Crippen LogP contribution in [-0.2, 0) is 9.53 Å². The molecule has 0 radical (unpaired) electrons. The summed E-state index contributed by atoms with van der Waals surface area (Å²) in [5.74, 6) is 0.00846. The van der Waals surface area contributed by atoms with Crippen molar-refractivity contribution >= 4 is 29.2 Å². The van der Waals surface area contributed by atoms with E-state index >= 15 is 0 Å². The van der Waals surface area contributed by atoms with Crippen molar-refractivity contribution in [2.24, 2.45) is 0 Å². The molecule has 1 amide bonds. The summed E-state index contributed by atoms with van der Waals surface area (Å²) in [6.45, 7) is 0.228. The third-order valence-corrected chi connectivity index (χ3v) is 4.11. The van der Waals surface area contributed by atoms with Crippen LogP contribution in [0.25, 0.3) is 0 Å². The molecular formula is C18H16ClNO4. The Morgan fingerprint density at radius 2 is 1.92 bits per heavy atom. The van der Waals surface area contributed by atoms with Gasteiger partial charge in [0.2, 0.25) is 0 Å². The highest BCUT2D eigenvalue weighted by molar-refractivity contribution is 6.30. The van der Waals surface area contributed by atoms with Crippen molar-refractivity contribution in [3.05, 3.63) is 59.1 Å². The van der Waals surface area contributed by atoms with Gasteiger partial charge in [-0.25, -0.2) is 0 Å². The number of nitrogens with zero attached hydrogens (tertiary/aromatic N) is 1. The van der Waals surface area contributed by atoms with E-state index in [1.807, 2.05) is 12.1 Å². The van der Waals surface area contributed by atoms with Gasteiger partial charge in [-0.3, -0.25) is 14.5 Å². The number of methoxy groups -OCH3 is 1. The van der Waals surface area contributed by atoms with Crippen LogP contribution in [0.4, 0.5) is 5.69 Å². The van der Waals surface area contributed by atoms with Gasteiger partial charge < -0.3 is 9.47 Å². The first-order valence-electron chi connectivity index (χ1n) is 7.48. The largest absolute Gasteiger partial charge is 0.489 e. The third kappa shape index (κ3) is 3.21. The molecule has 0 N–H and O–H groups in total. The molecule has 0 aromatic heterocycles. The second-order valence-corrected chi connectivity index (χ2v) is 5.83. The SMILES string of the molecule is COC(=O)C[C@@H]1COc2ccccc2N1C(=O)c1ccc(Cl)cc1. The van der Waals surface area contributed by atoms with Gasteiger partial charge in [0.15, 0.2) is 0 Å². The van der Waals surface area contributed by atoms with Crippen LogP contribution >= 0.6 is 11.6 Å². The Labute approximate surface area is 144 Å². The number of carbonyl (C=O) groups excluding carboxylic acids is 2. The number of carbonyl (C=O) groups is 2. The van der Waals surface area contributed by atoms with Crippen LogP contribution in [0.1, 0.15) is 16.8 Å². The molecule has 0 saturated heterocycles. The van der Waals surface area contributed by atoms with Crippen LogP contribution in [0.3, 0.4) is 0 Å². The molecule has 1 aliphatic heterocycles. The molecule has 124 valence electrons. The summed E-state index contributed by atoms with van der Waals surface area (Å²) in [6, 6.07) is 13.5. The zero-order valence-electron chi connectivity index (χ0n) is 13.1. The zero-order chi connectivity index (χ0) is 17.1. The molecule has 1 atom stereocenters. The number of fused-ring (bicyclic) bond motifs is 1. The first-order valence-corrected chi connectivity index (χ1v) is 7.85. The minimum atomic E-state index is -0.435. The molecule has 0 fully saturated rings. The molecule has 24 heavy (non-hydrogen) atoms. The standard InChI is InChI=1S/C18H16ClNO4/c1-23-17(21)10-14-11-24-16-5-3-2-4-15(16)20(14)18(22)12-6-8-13(19)9-7-12/h2-9,14H,10-11H2,1H3/t14-/m1/s1. The van der Waals surface area contributed by atoms with Crippen molar-refractivity contribution in [2.45, 2.75) is 12.5 Å². The highest BCUT2D eigenvalue weighted by Crippen LogP contribution is 2.35. The average Bonchev–Trinajstić information content (AvgIpc) is 2.61. The number of amides is 1. The van der Waals surface area contributed by atoms with Gasteiger partial charge in [0.25, 0.3) is 5.91 Å². The lowest BCUT2D eigenvalue weighted by molar-refractivity contribution is -0.141. The maximum absolute atomic E-state index is 13.0. The summed E-state index contributed by atoms with van der Waals surface area (Å²) < 4.78 is 10.4. The van der Waals surface area contributed by atoms with Crippen LogP contribution in [0.15, 0.2) is 48.5 Å².